The Morgan fingerprint density at radius 1 is 1.07 bits per heavy atom. The van der Waals surface area contributed by atoms with Gasteiger partial charge in [0.25, 0.3) is 0 Å². The molecule has 0 aromatic heterocycles. The van der Waals surface area contributed by atoms with Gasteiger partial charge in [0.15, 0.2) is 0 Å². The van der Waals surface area contributed by atoms with Crippen LogP contribution in [0.4, 0.5) is 0 Å². The third kappa shape index (κ3) is 4.55. The van der Waals surface area contributed by atoms with E-state index in [1.54, 1.807) is 0 Å². The standard InChI is InChI=1S/C14H27N/c1-12(11-14-8-9-14)15-10-4-7-13-5-2-3-6-13/h12-15H,2-11H2,1H3. The molecule has 1 unspecified atom stereocenters. The summed E-state index contributed by atoms with van der Waals surface area (Å²) in [5.41, 5.74) is 0. The smallest absolute Gasteiger partial charge is 0.00413 e. The molecule has 0 saturated heterocycles. The lowest BCUT2D eigenvalue weighted by molar-refractivity contribution is 0.436. The summed E-state index contributed by atoms with van der Waals surface area (Å²) in [7, 11) is 0. The maximum absolute atomic E-state index is 3.68. The number of hydrogen-bond acceptors (Lipinski definition) is 1. The van der Waals surface area contributed by atoms with Crippen molar-refractivity contribution in [2.75, 3.05) is 6.54 Å². The van der Waals surface area contributed by atoms with Crippen LogP contribution in [0.15, 0.2) is 0 Å². The first-order valence-electron chi connectivity index (χ1n) is 7.08. The number of rotatable bonds is 7. The molecule has 0 heterocycles. The number of nitrogens with one attached hydrogen (secondary N) is 1. The van der Waals surface area contributed by atoms with Gasteiger partial charge in [-0.05, 0) is 44.6 Å². The second-order valence-electron chi connectivity index (χ2n) is 5.83. The van der Waals surface area contributed by atoms with Crippen LogP contribution in [0.1, 0.15) is 64.7 Å². The average molecular weight is 209 g/mol. The molecule has 2 rings (SSSR count). The van der Waals surface area contributed by atoms with Crippen LogP contribution in [0, 0.1) is 11.8 Å². The van der Waals surface area contributed by atoms with Crippen molar-refractivity contribution in [3.8, 4) is 0 Å². The van der Waals surface area contributed by atoms with Gasteiger partial charge in [-0.3, -0.25) is 0 Å². The molecule has 1 atom stereocenters. The maximum atomic E-state index is 3.68. The Hall–Kier alpha value is -0.0400. The maximum Gasteiger partial charge on any atom is 0.00413 e. The first-order chi connectivity index (χ1) is 7.34. The van der Waals surface area contributed by atoms with Gasteiger partial charge in [-0.1, -0.05) is 38.5 Å². The summed E-state index contributed by atoms with van der Waals surface area (Å²) in [6, 6.07) is 0.765. The highest BCUT2D eigenvalue weighted by Crippen LogP contribution is 2.33. The van der Waals surface area contributed by atoms with Crippen LogP contribution in [0.2, 0.25) is 0 Å². The Kier molecular flexibility index (Phi) is 4.49. The van der Waals surface area contributed by atoms with E-state index >= 15 is 0 Å². The van der Waals surface area contributed by atoms with E-state index < -0.39 is 0 Å². The van der Waals surface area contributed by atoms with Crippen molar-refractivity contribution in [1.82, 2.24) is 5.32 Å². The third-order valence-electron chi connectivity index (χ3n) is 4.14. The zero-order valence-corrected chi connectivity index (χ0v) is 10.3. The van der Waals surface area contributed by atoms with Crippen molar-refractivity contribution in [2.24, 2.45) is 11.8 Å². The van der Waals surface area contributed by atoms with Crippen LogP contribution in [-0.4, -0.2) is 12.6 Å². The van der Waals surface area contributed by atoms with Gasteiger partial charge in [-0.25, -0.2) is 0 Å². The molecular formula is C14H27N. The molecular weight excluding hydrogens is 182 g/mol. The van der Waals surface area contributed by atoms with E-state index in [4.69, 9.17) is 0 Å². The zero-order valence-electron chi connectivity index (χ0n) is 10.3. The Morgan fingerprint density at radius 2 is 1.80 bits per heavy atom. The molecule has 2 saturated carbocycles. The Balaban J connectivity index is 1.43. The van der Waals surface area contributed by atoms with Crippen molar-refractivity contribution >= 4 is 0 Å². The van der Waals surface area contributed by atoms with Gasteiger partial charge in [-0.2, -0.15) is 0 Å². The van der Waals surface area contributed by atoms with Gasteiger partial charge in [0.05, 0.1) is 0 Å². The fourth-order valence-corrected chi connectivity index (χ4v) is 2.98. The van der Waals surface area contributed by atoms with Gasteiger partial charge in [-0.15, -0.1) is 0 Å². The molecule has 1 nitrogen and oxygen atoms in total. The lowest BCUT2D eigenvalue weighted by atomic mass is 10.0. The fourth-order valence-electron chi connectivity index (χ4n) is 2.98. The predicted octanol–water partition coefficient (Wildman–Crippen LogP) is 3.74. The summed E-state index contributed by atoms with van der Waals surface area (Å²) in [6.45, 7) is 3.61. The normalized spacial score (nSPS) is 24.6. The lowest BCUT2D eigenvalue weighted by Crippen LogP contribution is -2.27. The first-order valence-corrected chi connectivity index (χ1v) is 7.08. The van der Waals surface area contributed by atoms with E-state index in [0.29, 0.717) is 0 Å². The first kappa shape index (κ1) is 11.4. The summed E-state index contributed by atoms with van der Waals surface area (Å²) in [6.07, 6.45) is 13.3. The molecule has 0 aromatic rings. The van der Waals surface area contributed by atoms with Crippen molar-refractivity contribution < 1.29 is 0 Å². The second kappa shape index (κ2) is 5.89. The van der Waals surface area contributed by atoms with Crippen LogP contribution in [0.3, 0.4) is 0 Å². The van der Waals surface area contributed by atoms with Crippen molar-refractivity contribution in [2.45, 2.75) is 70.8 Å². The molecule has 15 heavy (non-hydrogen) atoms. The van der Waals surface area contributed by atoms with Crippen LogP contribution < -0.4 is 5.32 Å². The Labute approximate surface area is 95.0 Å². The van der Waals surface area contributed by atoms with Gasteiger partial charge >= 0.3 is 0 Å². The molecule has 2 fully saturated rings. The van der Waals surface area contributed by atoms with Crippen LogP contribution >= 0.6 is 0 Å². The highest BCUT2D eigenvalue weighted by molar-refractivity contribution is 4.78. The average Bonchev–Trinajstić information content (AvgIpc) is 2.87. The lowest BCUT2D eigenvalue weighted by Gasteiger charge is -2.14. The Morgan fingerprint density at radius 3 is 2.47 bits per heavy atom. The van der Waals surface area contributed by atoms with E-state index in [-0.39, 0.29) is 0 Å². The van der Waals surface area contributed by atoms with E-state index in [1.807, 2.05) is 0 Å². The molecule has 0 spiro atoms. The predicted molar refractivity (Wildman–Crippen MR) is 66.0 cm³/mol. The van der Waals surface area contributed by atoms with Crippen LogP contribution in [0.25, 0.3) is 0 Å². The fraction of sp³-hybridized carbons (Fsp3) is 1.00. The van der Waals surface area contributed by atoms with Gasteiger partial charge in [0.1, 0.15) is 0 Å². The molecule has 0 bridgehead atoms. The van der Waals surface area contributed by atoms with E-state index in [2.05, 4.69) is 12.2 Å². The molecule has 0 radical (unpaired) electrons. The summed E-state index contributed by atoms with van der Waals surface area (Å²) < 4.78 is 0. The summed E-state index contributed by atoms with van der Waals surface area (Å²) in [5, 5.41) is 3.68. The topological polar surface area (TPSA) is 12.0 Å². The van der Waals surface area contributed by atoms with E-state index in [1.165, 1.54) is 64.3 Å². The summed E-state index contributed by atoms with van der Waals surface area (Å²) in [4.78, 5) is 0. The zero-order chi connectivity index (χ0) is 10.5. The molecule has 0 aromatic carbocycles. The highest BCUT2D eigenvalue weighted by Gasteiger charge is 2.23. The van der Waals surface area contributed by atoms with E-state index in [9.17, 15) is 0 Å². The molecule has 0 amide bonds. The van der Waals surface area contributed by atoms with Crippen molar-refractivity contribution in [1.29, 1.82) is 0 Å². The van der Waals surface area contributed by atoms with Crippen molar-refractivity contribution in [3.63, 3.8) is 0 Å². The molecule has 1 N–H and O–H groups in total. The minimum absolute atomic E-state index is 0.765. The number of hydrogen-bond donors (Lipinski definition) is 1. The Bertz CT molecular complexity index is 168. The SMILES string of the molecule is CC(CC1CC1)NCCCC1CCCC1. The molecule has 88 valence electrons. The highest BCUT2D eigenvalue weighted by atomic mass is 14.9. The minimum Gasteiger partial charge on any atom is -0.314 e. The van der Waals surface area contributed by atoms with Gasteiger partial charge < -0.3 is 5.32 Å². The molecule has 0 aliphatic heterocycles. The molecule has 1 heteroatoms. The summed E-state index contributed by atoms with van der Waals surface area (Å²) in [5.74, 6) is 2.15. The second-order valence-corrected chi connectivity index (χ2v) is 5.83. The van der Waals surface area contributed by atoms with Crippen LogP contribution in [0.5, 0.6) is 0 Å². The minimum atomic E-state index is 0.765. The summed E-state index contributed by atoms with van der Waals surface area (Å²) >= 11 is 0. The quantitative estimate of drug-likeness (QED) is 0.630. The van der Waals surface area contributed by atoms with Crippen LogP contribution in [-0.2, 0) is 0 Å². The van der Waals surface area contributed by atoms with Gasteiger partial charge in [0.2, 0.25) is 0 Å². The molecule has 2 aliphatic rings. The molecule has 2 aliphatic carbocycles. The monoisotopic (exact) mass is 209 g/mol. The largest absolute Gasteiger partial charge is 0.314 e. The van der Waals surface area contributed by atoms with E-state index in [0.717, 1.165) is 17.9 Å². The van der Waals surface area contributed by atoms with Gasteiger partial charge in [0, 0.05) is 6.04 Å². The van der Waals surface area contributed by atoms with Crippen molar-refractivity contribution in [3.05, 3.63) is 0 Å². The third-order valence-corrected chi connectivity index (χ3v) is 4.14.